The van der Waals surface area contributed by atoms with E-state index in [1.807, 2.05) is 48.5 Å². The van der Waals surface area contributed by atoms with Gasteiger partial charge < -0.3 is 22.1 Å². The van der Waals surface area contributed by atoms with Crippen LogP contribution in [0.4, 0.5) is 22.7 Å². The average Bonchev–Trinajstić information content (AvgIpc) is 2.46. The summed E-state index contributed by atoms with van der Waals surface area (Å²) in [5.74, 6) is 0. The Kier molecular flexibility index (Phi) is 4.89. The molecule has 0 saturated carbocycles. The molecule has 2 aromatic rings. The Morgan fingerprint density at radius 1 is 0.700 bits per heavy atom. The zero-order valence-electron chi connectivity index (χ0n) is 11.3. The number of benzene rings is 2. The SMILES string of the molecule is Nc1ccccc1NC/C=C/CNc1ccccc1N. The van der Waals surface area contributed by atoms with Gasteiger partial charge in [0.05, 0.1) is 22.7 Å². The predicted molar refractivity (Wildman–Crippen MR) is 87.8 cm³/mol. The Morgan fingerprint density at radius 2 is 1.10 bits per heavy atom. The molecular weight excluding hydrogens is 248 g/mol. The van der Waals surface area contributed by atoms with Gasteiger partial charge in [0, 0.05) is 13.1 Å². The number of hydrogen-bond acceptors (Lipinski definition) is 4. The van der Waals surface area contributed by atoms with Gasteiger partial charge in [-0.3, -0.25) is 0 Å². The van der Waals surface area contributed by atoms with Crippen molar-refractivity contribution in [3.8, 4) is 0 Å². The number of nitrogens with two attached hydrogens (primary N) is 2. The van der Waals surface area contributed by atoms with Crippen LogP contribution < -0.4 is 22.1 Å². The van der Waals surface area contributed by atoms with Crippen LogP contribution in [-0.2, 0) is 0 Å². The molecule has 0 fully saturated rings. The summed E-state index contributed by atoms with van der Waals surface area (Å²) >= 11 is 0. The van der Waals surface area contributed by atoms with Gasteiger partial charge >= 0.3 is 0 Å². The summed E-state index contributed by atoms with van der Waals surface area (Å²) < 4.78 is 0. The van der Waals surface area contributed by atoms with E-state index >= 15 is 0 Å². The molecule has 0 aromatic heterocycles. The van der Waals surface area contributed by atoms with Crippen molar-refractivity contribution < 1.29 is 0 Å². The monoisotopic (exact) mass is 268 g/mol. The van der Waals surface area contributed by atoms with Crippen molar-refractivity contribution in [2.45, 2.75) is 0 Å². The van der Waals surface area contributed by atoms with Crippen molar-refractivity contribution >= 4 is 22.7 Å². The Balaban J connectivity index is 1.73. The van der Waals surface area contributed by atoms with Crippen LogP contribution in [0.25, 0.3) is 0 Å². The van der Waals surface area contributed by atoms with Crippen LogP contribution in [0, 0.1) is 0 Å². The van der Waals surface area contributed by atoms with Crippen molar-refractivity contribution in [1.29, 1.82) is 0 Å². The molecule has 4 nitrogen and oxygen atoms in total. The molecule has 2 aromatic carbocycles. The summed E-state index contributed by atoms with van der Waals surface area (Å²) in [5, 5.41) is 6.52. The van der Waals surface area contributed by atoms with Gasteiger partial charge in [0.25, 0.3) is 0 Å². The first kappa shape index (κ1) is 13.8. The molecule has 104 valence electrons. The van der Waals surface area contributed by atoms with Crippen LogP contribution in [0.15, 0.2) is 60.7 Å². The molecule has 0 amide bonds. The van der Waals surface area contributed by atoms with Crippen LogP contribution in [-0.4, -0.2) is 13.1 Å². The standard InChI is InChI=1S/C16H20N4/c17-13-7-1-3-9-15(13)19-11-5-6-12-20-16-10-4-2-8-14(16)18/h1-10,19-20H,11-12,17-18H2/b6-5+. The van der Waals surface area contributed by atoms with Gasteiger partial charge in [0.1, 0.15) is 0 Å². The van der Waals surface area contributed by atoms with Crippen LogP contribution >= 0.6 is 0 Å². The minimum atomic E-state index is 0.736. The molecule has 0 radical (unpaired) electrons. The Labute approximate surface area is 119 Å². The molecule has 4 heteroatoms. The highest BCUT2D eigenvalue weighted by molar-refractivity contribution is 5.66. The average molecular weight is 268 g/mol. The first-order valence-electron chi connectivity index (χ1n) is 6.59. The smallest absolute Gasteiger partial charge is 0.0576 e. The molecule has 0 unspecified atom stereocenters. The summed E-state index contributed by atoms with van der Waals surface area (Å²) in [7, 11) is 0. The fraction of sp³-hybridized carbons (Fsp3) is 0.125. The normalized spacial score (nSPS) is 10.6. The Morgan fingerprint density at radius 3 is 1.50 bits per heavy atom. The number of nitrogens with one attached hydrogen (secondary N) is 2. The largest absolute Gasteiger partial charge is 0.397 e. The summed E-state index contributed by atoms with van der Waals surface area (Å²) in [6, 6.07) is 15.5. The maximum absolute atomic E-state index is 5.84. The van der Waals surface area contributed by atoms with E-state index in [1.54, 1.807) is 0 Å². The third-order valence-electron chi connectivity index (χ3n) is 2.91. The van der Waals surface area contributed by atoms with E-state index in [1.165, 1.54) is 0 Å². The maximum atomic E-state index is 5.84. The van der Waals surface area contributed by atoms with E-state index < -0.39 is 0 Å². The van der Waals surface area contributed by atoms with Crippen LogP contribution in [0.1, 0.15) is 0 Å². The molecule has 0 saturated heterocycles. The molecular formula is C16H20N4. The van der Waals surface area contributed by atoms with Crippen molar-refractivity contribution in [3.05, 3.63) is 60.7 Å². The van der Waals surface area contributed by atoms with Crippen LogP contribution in [0.5, 0.6) is 0 Å². The zero-order chi connectivity index (χ0) is 14.2. The van der Waals surface area contributed by atoms with E-state index in [0.717, 1.165) is 35.8 Å². The Hall–Kier alpha value is -2.62. The summed E-state index contributed by atoms with van der Waals surface area (Å²) in [6.07, 6.45) is 4.11. The topological polar surface area (TPSA) is 76.1 Å². The second-order valence-electron chi connectivity index (χ2n) is 4.41. The summed E-state index contributed by atoms with van der Waals surface area (Å²) in [6.45, 7) is 1.47. The van der Waals surface area contributed by atoms with E-state index in [9.17, 15) is 0 Å². The molecule has 0 aliphatic rings. The third-order valence-corrected chi connectivity index (χ3v) is 2.91. The van der Waals surface area contributed by atoms with Gasteiger partial charge in [-0.1, -0.05) is 36.4 Å². The highest BCUT2D eigenvalue weighted by atomic mass is 14.9. The van der Waals surface area contributed by atoms with Gasteiger partial charge in [-0.25, -0.2) is 0 Å². The maximum Gasteiger partial charge on any atom is 0.0576 e. The molecule has 0 atom stereocenters. The quantitative estimate of drug-likeness (QED) is 0.480. The molecule has 0 aliphatic heterocycles. The zero-order valence-corrected chi connectivity index (χ0v) is 11.3. The van der Waals surface area contributed by atoms with Gasteiger partial charge in [-0.15, -0.1) is 0 Å². The first-order chi connectivity index (χ1) is 9.77. The molecule has 6 N–H and O–H groups in total. The van der Waals surface area contributed by atoms with Gasteiger partial charge in [0.2, 0.25) is 0 Å². The van der Waals surface area contributed by atoms with Crippen LogP contribution in [0.3, 0.4) is 0 Å². The molecule has 0 spiro atoms. The lowest BCUT2D eigenvalue weighted by Gasteiger charge is -2.07. The number of hydrogen-bond donors (Lipinski definition) is 4. The summed E-state index contributed by atoms with van der Waals surface area (Å²) in [4.78, 5) is 0. The predicted octanol–water partition coefficient (Wildman–Crippen LogP) is 2.93. The molecule has 2 rings (SSSR count). The lowest BCUT2D eigenvalue weighted by molar-refractivity contribution is 1.28. The fourth-order valence-electron chi connectivity index (χ4n) is 1.82. The molecule has 0 aliphatic carbocycles. The van der Waals surface area contributed by atoms with Gasteiger partial charge in [-0.2, -0.15) is 0 Å². The third kappa shape index (κ3) is 3.95. The van der Waals surface area contributed by atoms with Crippen molar-refractivity contribution in [3.63, 3.8) is 0 Å². The minimum Gasteiger partial charge on any atom is -0.397 e. The van der Waals surface area contributed by atoms with E-state index in [2.05, 4.69) is 22.8 Å². The molecule has 20 heavy (non-hydrogen) atoms. The van der Waals surface area contributed by atoms with Crippen molar-refractivity contribution in [2.75, 3.05) is 35.2 Å². The Bertz CT molecular complexity index is 527. The number of anilines is 4. The van der Waals surface area contributed by atoms with E-state index in [-0.39, 0.29) is 0 Å². The highest BCUT2D eigenvalue weighted by Gasteiger charge is 1.94. The van der Waals surface area contributed by atoms with Gasteiger partial charge in [0.15, 0.2) is 0 Å². The van der Waals surface area contributed by atoms with Gasteiger partial charge in [-0.05, 0) is 24.3 Å². The summed E-state index contributed by atoms with van der Waals surface area (Å²) in [5.41, 5.74) is 15.1. The first-order valence-corrected chi connectivity index (χ1v) is 6.59. The lowest BCUT2D eigenvalue weighted by atomic mass is 10.2. The van der Waals surface area contributed by atoms with Crippen molar-refractivity contribution in [2.24, 2.45) is 0 Å². The molecule has 0 heterocycles. The van der Waals surface area contributed by atoms with E-state index in [0.29, 0.717) is 0 Å². The van der Waals surface area contributed by atoms with Crippen molar-refractivity contribution in [1.82, 2.24) is 0 Å². The van der Waals surface area contributed by atoms with E-state index in [4.69, 9.17) is 11.5 Å². The minimum absolute atomic E-state index is 0.736. The number of nitrogen functional groups attached to an aromatic ring is 2. The number of rotatable bonds is 6. The second kappa shape index (κ2) is 7.09. The highest BCUT2D eigenvalue weighted by Crippen LogP contribution is 2.17. The fourth-order valence-corrected chi connectivity index (χ4v) is 1.82. The lowest BCUT2D eigenvalue weighted by Crippen LogP contribution is -2.04. The van der Waals surface area contributed by atoms with Crippen LogP contribution in [0.2, 0.25) is 0 Å². The molecule has 0 bridgehead atoms. The second-order valence-corrected chi connectivity index (χ2v) is 4.41. The number of para-hydroxylation sites is 4.